The van der Waals surface area contributed by atoms with Crippen LogP contribution in [0.1, 0.15) is 27.2 Å². The molecular formula is C18H17NO4. The molecule has 1 heterocycles. The molecule has 0 spiro atoms. The van der Waals surface area contributed by atoms with Crippen molar-refractivity contribution in [1.82, 2.24) is 0 Å². The first kappa shape index (κ1) is 15.1. The number of fused-ring (bicyclic) bond motifs is 1. The molecule has 3 aromatic rings. The zero-order valence-corrected chi connectivity index (χ0v) is 12.9. The fourth-order valence-corrected chi connectivity index (χ4v) is 2.63. The number of carbonyl (C=O) groups excluding carboxylic acids is 1. The van der Waals surface area contributed by atoms with Crippen LogP contribution in [-0.4, -0.2) is 16.1 Å². The molecule has 0 radical (unpaired) electrons. The molecule has 0 aliphatic heterocycles. The van der Waals surface area contributed by atoms with Gasteiger partial charge in [0.2, 0.25) is 0 Å². The minimum absolute atomic E-state index is 0.0646. The molecule has 3 N–H and O–H groups in total. The number of aromatic hydroxyl groups is 1. The first-order chi connectivity index (χ1) is 11.0. The van der Waals surface area contributed by atoms with Crippen LogP contribution >= 0.6 is 0 Å². The third-order valence-corrected chi connectivity index (χ3v) is 3.81. The maximum absolute atomic E-state index is 12.6. The largest absolute Gasteiger partial charge is 0.508 e. The van der Waals surface area contributed by atoms with Crippen LogP contribution in [0.5, 0.6) is 5.75 Å². The number of hydrogen-bond acceptors (Lipinski definition) is 4. The molecular weight excluding hydrogens is 294 g/mol. The summed E-state index contributed by atoms with van der Waals surface area (Å²) in [6.45, 7) is 3.27. The van der Waals surface area contributed by atoms with Crippen molar-refractivity contribution < 1.29 is 19.4 Å². The first-order valence-electron chi connectivity index (χ1n) is 7.24. The Balaban J connectivity index is 2.08. The average molecular weight is 311 g/mol. The van der Waals surface area contributed by atoms with Gasteiger partial charge in [0, 0.05) is 16.6 Å². The van der Waals surface area contributed by atoms with Gasteiger partial charge in [-0.15, -0.1) is 0 Å². The zero-order valence-electron chi connectivity index (χ0n) is 12.9. The Labute approximate surface area is 133 Å². The van der Waals surface area contributed by atoms with Crippen LogP contribution in [0, 0.1) is 13.8 Å². The van der Waals surface area contributed by atoms with E-state index in [2.05, 4.69) is 5.32 Å². The molecule has 2 aromatic carbocycles. The van der Waals surface area contributed by atoms with Crippen molar-refractivity contribution in [2.24, 2.45) is 0 Å². The van der Waals surface area contributed by atoms with Gasteiger partial charge < -0.3 is 19.9 Å². The summed E-state index contributed by atoms with van der Waals surface area (Å²) in [5, 5.41) is 22.7. The molecule has 1 aromatic heterocycles. The zero-order chi connectivity index (χ0) is 16.6. The number of nitrogens with one attached hydrogen (secondary N) is 1. The second-order valence-electron chi connectivity index (χ2n) is 5.45. The molecule has 1 amide bonds. The van der Waals surface area contributed by atoms with Gasteiger partial charge in [0.25, 0.3) is 5.91 Å². The van der Waals surface area contributed by atoms with Crippen molar-refractivity contribution in [1.29, 1.82) is 0 Å². The Bertz CT molecular complexity index is 878. The highest BCUT2D eigenvalue weighted by Crippen LogP contribution is 2.34. The normalized spacial score (nSPS) is 10.9. The summed E-state index contributed by atoms with van der Waals surface area (Å²) in [6, 6.07) is 10.5. The fraction of sp³-hybridized carbons (Fsp3) is 0.167. The summed E-state index contributed by atoms with van der Waals surface area (Å²) >= 11 is 0. The quantitative estimate of drug-likeness (QED) is 0.691. The molecule has 0 atom stereocenters. The summed E-state index contributed by atoms with van der Waals surface area (Å²) in [4.78, 5) is 12.6. The van der Waals surface area contributed by atoms with E-state index in [9.17, 15) is 15.0 Å². The highest BCUT2D eigenvalue weighted by Gasteiger charge is 2.22. The lowest BCUT2D eigenvalue weighted by atomic mass is 10.0. The van der Waals surface area contributed by atoms with Crippen molar-refractivity contribution in [3.8, 4) is 5.75 Å². The number of phenols is 1. The molecule has 0 unspecified atom stereocenters. The van der Waals surface area contributed by atoms with Crippen LogP contribution < -0.4 is 5.32 Å². The second-order valence-corrected chi connectivity index (χ2v) is 5.45. The topological polar surface area (TPSA) is 82.7 Å². The molecule has 3 rings (SSSR count). The number of aryl methyl sites for hydroxylation is 2. The molecule has 0 bridgehead atoms. The number of anilines is 1. The van der Waals surface area contributed by atoms with E-state index < -0.39 is 0 Å². The van der Waals surface area contributed by atoms with E-state index in [0.29, 0.717) is 28.0 Å². The van der Waals surface area contributed by atoms with Crippen LogP contribution in [-0.2, 0) is 6.61 Å². The van der Waals surface area contributed by atoms with Crippen LogP contribution in [0.2, 0.25) is 0 Å². The van der Waals surface area contributed by atoms with Crippen LogP contribution in [0.4, 0.5) is 5.69 Å². The van der Waals surface area contributed by atoms with Gasteiger partial charge in [-0.2, -0.15) is 0 Å². The summed E-state index contributed by atoms with van der Waals surface area (Å²) in [5.41, 5.74) is 2.83. The van der Waals surface area contributed by atoms with Gasteiger partial charge >= 0.3 is 0 Å². The van der Waals surface area contributed by atoms with E-state index in [1.54, 1.807) is 13.0 Å². The molecule has 0 fully saturated rings. The van der Waals surface area contributed by atoms with Gasteiger partial charge in [-0.3, -0.25) is 4.79 Å². The number of rotatable bonds is 3. The van der Waals surface area contributed by atoms with Crippen LogP contribution in [0.3, 0.4) is 0 Å². The Hall–Kier alpha value is -2.79. The van der Waals surface area contributed by atoms with Gasteiger partial charge in [0.1, 0.15) is 17.1 Å². The standard InChI is InChI=1S/C18H17NO4/c1-10-3-5-12(6-4-10)19-18(22)16-11(2)23-15-8-7-14(21)13(9-20)17(15)16/h3-8,20-21H,9H2,1-2H3,(H,19,22). The second kappa shape index (κ2) is 5.78. The predicted octanol–water partition coefficient (Wildman–Crippen LogP) is 3.50. The number of hydrogen-bond donors (Lipinski definition) is 3. The molecule has 0 aliphatic rings. The van der Waals surface area contributed by atoms with E-state index >= 15 is 0 Å². The maximum atomic E-state index is 12.6. The van der Waals surface area contributed by atoms with E-state index in [0.717, 1.165) is 5.56 Å². The number of carbonyl (C=O) groups is 1. The minimum atomic E-state index is -0.382. The fourth-order valence-electron chi connectivity index (χ4n) is 2.63. The van der Waals surface area contributed by atoms with Gasteiger partial charge in [0.05, 0.1) is 12.2 Å². The van der Waals surface area contributed by atoms with Crippen LogP contribution in [0.25, 0.3) is 11.0 Å². The van der Waals surface area contributed by atoms with Crippen molar-refractivity contribution in [3.05, 3.63) is 58.8 Å². The van der Waals surface area contributed by atoms with Crippen molar-refractivity contribution in [2.45, 2.75) is 20.5 Å². The third kappa shape index (κ3) is 2.66. The minimum Gasteiger partial charge on any atom is -0.508 e. The first-order valence-corrected chi connectivity index (χ1v) is 7.24. The van der Waals surface area contributed by atoms with E-state index in [-0.39, 0.29) is 23.8 Å². The molecule has 0 saturated carbocycles. The number of aliphatic hydroxyl groups excluding tert-OH is 1. The van der Waals surface area contributed by atoms with Gasteiger partial charge in [0.15, 0.2) is 0 Å². The van der Waals surface area contributed by atoms with E-state index in [4.69, 9.17) is 4.42 Å². The summed E-state index contributed by atoms with van der Waals surface area (Å²) in [6.07, 6.45) is 0. The van der Waals surface area contributed by atoms with Gasteiger partial charge in [-0.05, 0) is 38.1 Å². The number of furan rings is 1. The van der Waals surface area contributed by atoms with Crippen molar-refractivity contribution >= 4 is 22.6 Å². The summed E-state index contributed by atoms with van der Waals surface area (Å²) in [5.74, 6) is 0.0282. The Kier molecular flexibility index (Phi) is 3.80. The Morgan fingerprint density at radius 1 is 1.13 bits per heavy atom. The third-order valence-electron chi connectivity index (χ3n) is 3.81. The molecule has 5 nitrogen and oxygen atoms in total. The molecule has 118 valence electrons. The molecule has 23 heavy (non-hydrogen) atoms. The van der Waals surface area contributed by atoms with Crippen LogP contribution in [0.15, 0.2) is 40.8 Å². The smallest absolute Gasteiger partial charge is 0.259 e. The van der Waals surface area contributed by atoms with E-state index in [1.807, 2.05) is 31.2 Å². The van der Waals surface area contributed by atoms with Crippen molar-refractivity contribution in [3.63, 3.8) is 0 Å². The average Bonchev–Trinajstić information content (AvgIpc) is 2.86. The lowest BCUT2D eigenvalue weighted by Crippen LogP contribution is -2.13. The molecule has 0 aliphatic carbocycles. The number of amides is 1. The lowest BCUT2D eigenvalue weighted by Gasteiger charge is -2.07. The molecule has 5 heteroatoms. The molecule has 0 saturated heterocycles. The SMILES string of the molecule is Cc1ccc(NC(=O)c2c(C)oc3ccc(O)c(CO)c23)cc1. The highest BCUT2D eigenvalue weighted by molar-refractivity contribution is 6.14. The van der Waals surface area contributed by atoms with Gasteiger partial charge in [-0.1, -0.05) is 17.7 Å². The highest BCUT2D eigenvalue weighted by atomic mass is 16.3. The van der Waals surface area contributed by atoms with E-state index in [1.165, 1.54) is 6.07 Å². The monoisotopic (exact) mass is 311 g/mol. The number of benzene rings is 2. The summed E-state index contributed by atoms with van der Waals surface area (Å²) in [7, 11) is 0. The van der Waals surface area contributed by atoms with Crippen molar-refractivity contribution in [2.75, 3.05) is 5.32 Å². The Morgan fingerprint density at radius 3 is 2.48 bits per heavy atom. The lowest BCUT2D eigenvalue weighted by molar-refractivity contribution is 0.102. The maximum Gasteiger partial charge on any atom is 0.259 e. The Morgan fingerprint density at radius 2 is 1.83 bits per heavy atom. The van der Waals surface area contributed by atoms with Gasteiger partial charge in [-0.25, -0.2) is 0 Å². The predicted molar refractivity (Wildman–Crippen MR) is 87.7 cm³/mol. The summed E-state index contributed by atoms with van der Waals surface area (Å²) < 4.78 is 5.59. The number of aliphatic hydroxyl groups is 1.